The Labute approximate surface area is 154 Å². The van der Waals surface area contributed by atoms with Gasteiger partial charge in [0.1, 0.15) is 18.3 Å². The Morgan fingerprint density at radius 2 is 1.69 bits per heavy atom. The van der Waals surface area contributed by atoms with Crippen LogP contribution in [-0.4, -0.2) is 51.5 Å². The molecule has 0 aliphatic carbocycles. The highest BCUT2D eigenvalue weighted by atomic mass is 32.2. The lowest BCUT2D eigenvalue weighted by molar-refractivity contribution is -0.174. The zero-order valence-corrected chi connectivity index (χ0v) is 16.5. The molecule has 1 aromatic rings. The van der Waals surface area contributed by atoms with Crippen molar-refractivity contribution in [3.05, 3.63) is 29.8 Å². The molecule has 0 spiro atoms. The predicted molar refractivity (Wildman–Crippen MR) is 93.0 cm³/mol. The molecule has 0 amide bonds. The number of aryl methyl sites for hydroxylation is 1. The van der Waals surface area contributed by atoms with E-state index in [-0.39, 0.29) is 17.6 Å². The average Bonchev–Trinajstić information content (AvgIpc) is 3.04. The van der Waals surface area contributed by atoms with Crippen LogP contribution < -0.4 is 0 Å². The number of hydrogen-bond donors (Lipinski definition) is 0. The summed E-state index contributed by atoms with van der Waals surface area (Å²) in [5.74, 6) is -1.57. The van der Waals surface area contributed by atoms with E-state index in [9.17, 15) is 8.42 Å². The van der Waals surface area contributed by atoms with Crippen molar-refractivity contribution in [1.29, 1.82) is 0 Å². The van der Waals surface area contributed by atoms with Gasteiger partial charge >= 0.3 is 0 Å². The molecule has 1 aromatic carbocycles. The predicted octanol–water partition coefficient (Wildman–Crippen LogP) is 2.37. The first-order valence-corrected chi connectivity index (χ1v) is 10.0. The fourth-order valence-electron chi connectivity index (χ4n) is 3.11. The molecule has 0 N–H and O–H groups in total. The molecule has 2 fully saturated rings. The standard InChI is InChI=1S/C18H26O7S/c1-12-6-8-13(9-7-12)26(19,20)22-11-15-16(25-18(4,5)24-15)14-10-21-17(2,3)23-14/h6-9,14-16H,10-11H2,1-5H3/t14-,15-,16-/m1/s1. The van der Waals surface area contributed by atoms with Crippen molar-refractivity contribution < 1.29 is 31.5 Å². The summed E-state index contributed by atoms with van der Waals surface area (Å²) < 4.78 is 53.3. The fourth-order valence-corrected chi connectivity index (χ4v) is 4.03. The smallest absolute Gasteiger partial charge is 0.297 e. The van der Waals surface area contributed by atoms with Gasteiger partial charge in [0.15, 0.2) is 11.6 Å². The van der Waals surface area contributed by atoms with Gasteiger partial charge in [-0.2, -0.15) is 8.42 Å². The minimum atomic E-state index is -3.88. The summed E-state index contributed by atoms with van der Waals surface area (Å²) in [5, 5.41) is 0. The molecule has 8 heteroatoms. The van der Waals surface area contributed by atoms with E-state index in [1.165, 1.54) is 12.1 Å². The van der Waals surface area contributed by atoms with Crippen LogP contribution >= 0.6 is 0 Å². The molecule has 7 nitrogen and oxygen atoms in total. The number of ether oxygens (including phenoxy) is 4. The van der Waals surface area contributed by atoms with Gasteiger partial charge in [0, 0.05) is 0 Å². The summed E-state index contributed by atoms with van der Waals surface area (Å²) >= 11 is 0. The van der Waals surface area contributed by atoms with Gasteiger partial charge in [-0.25, -0.2) is 0 Å². The average molecular weight is 386 g/mol. The van der Waals surface area contributed by atoms with E-state index < -0.39 is 33.9 Å². The lowest BCUT2D eigenvalue weighted by atomic mass is 10.1. The third kappa shape index (κ3) is 4.44. The van der Waals surface area contributed by atoms with Crippen LogP contribution in [0.1, 0.15) is 33.3 Å². The van der Waals surface area contributed by atoms with E-state index in [2.05, 4.69) is 0 Å². The highest BCUT2D eigenvalue weighted by molar-refractivity contribution is 7.86. The second-order valence-corrected chi connectivity index (χ2v) is 9.17. The zero-order chi connectivity index (χ0) is 19.2. The van der Waals surface area contributed by atoms with Crippen molar-refractivity contribution in [1.82, 2.24) is 0 Å². The fraction of sp³-hybridized carbons (Fsp3) is 0.667. The van der Waals surface area contributed by atoms with Crippen LogP contribution in [0.2, 0.25) is 0 Å². The van der Waals surface area contributed by atoms with Gasteiger partial charge in [-0.1, -0.05) is 17.7 Å². The summed E-state index contributed by atoms with van der Waals surface area (Å²) in [6, 6.07) is 6.50. The Balaban J connectivity index is 1.69. The molecule has 0 bridgehead atoms. The van der Waals surface area contributed by atoms with Crippen molar-refractivity contribution in [2.45, 2.75) is 69.4 Å². The molecule has 3 rings (SSSR count). The Morgan fingerprint density at radius 3 is 2.27 bits per heavy atom. The molecule has 0 saturated carbocycles. The van der Waals surface area contributed by atoms with Crippen LogP contribution in [0.4, 0.5) is 0 Å². The first-order chi connectivity index (χ1) is 12.0. The normalized spacial score (nSPS) is 30.6. The SMILES string of the molecule is Cc1ccc(S(=O)(=O)OC[C@H]2OC(C)(C)O[C@@H]2[C@H]2COC(C)(C)O2)cc1. The third-order valence-electron chi connectivity index (χ3n) is 4.32. The van der Waals surface area contributed by atoms with Crippen LogP contribution in [0.3, 0.4) is 0 Å². The summed E-state index contributed by atoms with van der Waals surface area (Å²) in [6.07, 6.45) is -1.44. The number of hydrogen-bond acceptors (Lipinski definition) is 7. The summed E-state index contributed by atoms with van der Waals surface area (Å²) in [6.45, 7) is 9.26. The topological polar surface area (TPSA) is 80.3 Å². The monoisotopic (exact) mass is 386 g/mol. The van der Waals surface area contributed by atoms with E-state index in [1.54, 1.807) is 26.0 Å². The van der Waals surface area contributed by atoms with E-state index in [0.29, 0.717) is 6.61 Å². The molecule has 26 heavy (non-hydrogen) atoms. The van der Waals surface area contributed by atoms with Gasteiger partial charge in [0.25, 0.3) is 10.1 Å². The summed E-state index contributed by atoms with van der Waals surface area (Å²) in [5.41, 5.74) is 0.972. The van der Waals surface area contributed by atoms with Crippen LogP contribution in [0.5, 0.6) is 0 Å². The van der Waals surface area contributed by atoms with Crippen molar-refractivity contribution in [2.24, 2.45) is 0 Å². The lowest BCUT2D eigenvalue weighted by Gasteiger charge is -2.23. The minimum absolute atomic E-state index is 0.111. The summed E-state index contributed by atoms with van der Waals surface area (Å²) in [7, 11) is -3.88. The van der Waals surface area contributed by atoms with E-state index in [0.717, 1.165) is 5.56 Å². The quantitative estimate of drug-likeness (QED) is 0.719. The van der Waals surface area contributed by atoms with E-state index >= 15 is 0 Å². The first kappa shape index (κ1) is 19.7. The molecule has 146 valence electrons. The van der Waals surface area contributed by atoms with Gasteiger partial charge < -0.3 is 18.9 Å². The molecule has 2 heterocycles. The maximum atomic E-state index is 12.4. The third-order valence-corrected chi connectivity index (χ3v) is 5.61. The van der Waals surface area contributed by atoms with Crippen LogP contribution in [-0.2, 0) is 33.2 Å². The highest BCUT2D eigenvalue weighted by Crippen LogP contribution is 2.36. The Morgan fingerprint density at radius 1 is 1.04 bits per heavy atom. The molecule has 3 atom stereocenters. The van der Waals surface area contributed by atoms with Crippen LogP contribution in [0.25, 0.3) is 0 Å². The molecule has 2 saturated heterocycles. The lowest BCUT2D eigenvalue weighted by Crippen LogP contribution is -2.40. The van der Waals surface area contributed by atoms with Crippen molar-refractivity contribution in [3.8, 4) is 0 Å². The Kier molecular flexibility index (Phi) is 5.20. The summed E-state index contributed by atoms with van der Waals surface area (Å²) in [4.78, 5) is 0.111. The number of rotatable bonds is 5. The van der Waals surface area contributed by atoms with Crippen molar-refractivity contribution >= 4 is 10.1 Å². The van der Waals surface area contributed by atoms with Gasteiger partial charge in [-0.3, -0.25) is 4.18 Å². The Bertz CT molecular complexity index is 739. The maximum absolute atomic E-state index is 12.4. The zero-order valence-electron chi connectivity index (χ0n) is 15.7. The van der Waals surface area contributed by atoms with Gasteiger partial charge in [-0.15, -0.1) is 0 Å². The molecule has 0 radical (unpaired) electrons. The molecular formula is C18H26O7S. The molecule has 0 aromatic heterocycles. The largest absolute Gasteiger partial charge is 0.348 e. The van der Waals surface area contributed by atoms with Crippen molar-refractivity contribution in [2.75, 3.05) is 13.2 Å². The van der Waals surface area contributed by atoms with E-state index in [4.69, 9.17) is 23.1 Å². The number of benzene rings is 1. The van der Waals surface area contributed by atoms with E-state index in [1.807, 2.05) is 20.8 Å². The highest BCUT2D eigenvalue weighted by Gasteiger charge is 2.50. The molecular weight excluding hydrogens is 360 g/mol. The van der Waals surface area contributed by atoms with Crippen molar-refractivity contribution in [3.63, 3.8) is 0 Å². The van der Waals surface area contributed by atoms with Gasteiger partial charge in [0.2, 0.25) is 0 Å². The van der Waals surface area contributed by atoms with Gasteiger partial charge in [0.05, 0.1) is 18.1 Å². The van der Waals surface area contributed by atoms with Crippen LogP contribution in [0, 0.1) is 6.92 Å². The molecule has 2 aliphatic heterocycles. The molecule has 2 aliphatic rings. The maximum Gasteiger partial charge on any atom is 0.297 e. The first-order valence-electron chi connectivity index (χ1n) is 8.61. The minimum Gasteiger partial charge on any atom is -0.348 e. The molecule has 0 unspecified atom stereocenters. The second kappa shape index (κ2) is 6.85. The van der Waals surface area contributed by atoms with Gasteiger partial charge in [-0.05, 0) is 46.8 Å². The Hall–Kier alpha value is -1.03. The second-order valence-electron chi connectivity index (χ2n) is 7.56. The van der Waals surface area contributed by atoms with Crippen LogP contribution in [0.15, 0.2) is 29.2 Å².